The van der Waals surface area contributed by atoms with Gasteiger partial charge in [0.1, 0.15) is 5.82 Å². The van der Waals surface area contributed by atoms with Crippen molar-refractivity contribution in [3.8, 4) is 0 Å². The Labute approximate surface area is 187 Å². The third-order valence-corrected chi connectivity index (χ3v) is 7.03. The molecule has 166 valence electrons. The molecule has 0 radical (unpaired) electrons. The summed E-state index contributed by atoms with van der Waals surface area (Å²) in [7, 11) is 0. The molecule has 4 heterocycles. The molecule has 3 aromatic rings. The molecule has 31 heavy (non-hydrogen) atoms. The number of ether oxygens (including phenoxy) is 1. The average Bonchev–Trinajstić information content (AvgIpc) is 3.43. The number of aromatic nitrogens is 5. The van der Waals surface area contributed by atoms with Crippen LogP contribution in [0.4, 0.5) is 17.5 Å². The molecule has 0 amide bonds. The van der Waals surface area contributed by atoms with Crippen molar-refractivity contribution >= 4 is 39.2 Å². The van der Waals surface area contributed by atoms with Crippen LogP contribution >= 0.6 is 11.5 Å². The zero-order valence-corrected chi connectivity index (χ0v) is 19.1. The Morgan fingerprint density at radius 2 is 1.90 bits per heavy atom. The van der Waals surface area contributed by atoms with Crippen molar-refractivity contribution in [2.75, 3.05) is 23.8 Å². The van der Waals surface area contributed by atoms with Gasteiger partial charge in [-0.25, -0.2) is 0 Å². The van der Waals surface area contributed by atoms with Crippen molar-refractivity contribution in [1.82, 2.24) is 24.1 Å². The van der Waals surface area contributed by atoms with Crippen LogP contribution in [-0.4, -0.2) is 43.4 Å². The van der Waals surface area contributed by atoms with Gasteiger partial charge >= 0.3 is 0 Å². The topological polar surface area (TPSA) is 89.8 Å². The smallest absolute Gasteiger partial charge is 0.230 e. The molecule has 3 aromatic heterocycles. The minimum absolute atomic E-state index is 0.334. The lowest BCUT2D eigenvalue weighted by molar-refractivity contribution is 0.0662. The normalized spacial score (nSPS) is 18.7. The van der Waals surface area contributed by atoms with Crippen molar-refractivity contribution in [3.63, 3.8) is 0 Å². The average molecular weight is 442 g/mol. The van der Waals surface area contributed by atoms with Crippen LogP contribution in [0.15, 0.2) is 12.4 Å². The Kier molecular flexibility index (Phi) is 6.04. The molecule has 8 nitrogen and oxygen atoms in total. The quantitative estimate of drug-likeness (QED) is 0.540. The number of fused-ring (bicyclic) bond motifs is 1. The number of anilines is 3. The maximum absolute atomic E-state index is 5.47. The first kappa shape index (κ1) is 20.6. The summed E-state index contributed by atoms with van der Waals surface area (Å²) in [4.78, 5) is 10.6. The fraction of sp³-hybridized carbons (Fsp3) is 0.636. The number of nitrogens with zero attached hydrogens (tertiary/aromatic N) is 5. The highest BCUT2D eigenvalue weighted by atomic mass is 32.1. The lowest BCUT2D eigenvalue weighted by atomic mass is 9.95. The molecule has 9 heteroatoms. The third-order valence-electron chi connectivity index (χ3n) is 6.28. The summed E-state index contributed by atoms with van der Waals surface area (Å²) in [5.41, 5.74) is 1.99. The molecule has 5 rings (SSSR count). The van der Waals surface area contributed by atoms with Gasteiger partial charge in [-0.2, -0.15) is 19.4 Å². The van der Waals surface area contributed by atoms with Gasteiger partial charge in [0.15, 0.2) is 4.83 Å². The van der Waals surface area contributed by atoms with Crippen molar-refractivity contribution in [3.05, 3.63) is 18.1 Å². The van der Waals surface area contributed by atoms with Gasteiger partial charge in [0.25, 0.3) is 0 Å². The second-order valence-electron chi connectivity index (χ2n) is 8.96. The zero-order chi connectivity index (χ0) is 21.2. The van der Waals surface area contributed by atoms with Crippen LogP contribution in [0.2, 0.25) is 0 Å². The van der Waals surface area contributed by atoms with Gasteiger partial charge in [-0.1, -0.05) is 33.1 Å². The Morgan fingerprint density at radius 3 is 2.68 bits per heavy atom. The van der Waals surface area contributed by atoms with Gasteiger partial charge < -0.3 is 15.4 Å². The maximum atomic E-state index is 5.47. The van der Waals surface area contributed by atoms with Crippen molar-refractivity contribution < 1.29 is 4.74 Å². The summed E-state index contributed by atoms with van der Waals surface area (Å²) in [6.07, 6.45) is 12.2. The minimum atomic E-state index is 0.334. The molecule has 2 fully saturated rings. The molecule has 1 aliphatic carbocycles. The van der Waals surface area contributed by atoms with E-state index >= 15 is 0 Å². The van der Waals surface area contributed by atoms with E-state index in [2.05, 4.69) is 29.6 Å². The molecule has 1 saturated heterocycles. The van der Waals surface area contributed by atoms with E-state index in [1.807, 2.05) is 17.1 Å². The highest BCUT2D eigenvalue weighted by Gasteiger charge is 2.22. The van der Waals surface area contributed by atoms with Crippen LogP contribution in [0.3, 0.4) is 0 Å². The Hall–Kier alpha value is -2.26. The molecule has 0 spiro atoms. The predicted molar refractivity (Wildman–Crippen MR) is 124 cm³/mol. The summed E-state index contributed by atoms with van der Waals surface area (Å²) in [6, 6.07) is 0.863. The van der Waals surface area contributed by atoms with E-state index in [-0.39, 0.29) is 0 Å². The highest BCUT2D eigenvalue weighted by Crippen LogP contribution is 2.34. The van der Waals surface area contributed by atoms with Gasteiger partial charge in [-0.05, 0) is 43.1 Å². The van der Waals surface area contributed by atoms with Crippen molar-refractivity contribution in [1.29, 1.82) is 0 Å². The predicted octanol–water partition coefficient (Wildman–Crippen LogP) is 5.25. The van der Waals surface area contributed by atoms with E-state index in [1.54, 1.807) is 0 Å². The van der Waals surface area contributed by atoms with Crippen LogP contribution in [0, 0.1) is 0 Å². The summed E-state index contributed by atoms with van der Waals surface area (Å²) in [5.74, 6) is 1.84. The van der Waals surface area contributed by atoms with E-state index in [9.17, 15) is 0 Å². The molecule has 0 bridgehead atoms. The first-order valence-electron chi connectivity index (χ1n) is 11.5. The number of hydrogen-bond donors (Lipinski definition) is 2. The van der Waals surface area contributed by atoms with E-state index in [0.29, 0.717) is 23.9 Å². The van der Waals surface area contributed by atoms with Crippen LogP contribution in [0.5, 0.6) is 0 Å². The highest BCUT2D eigenvalue weighted by molar-refractivity contribution is 7.13. The second-order valence-corrected chi connectivity index (χ2v) is 9.71. The van der Waals surface area contributed by atoms with E-state index in [0.717, 1.165) is 53.5 Å². The van der Waals surface area contributed by atoms with Crippen LogP contribution in [0.25, 0.3) is 10.2 Å². The molecule has 2 N–H and O–H groups in total. The summed E-state index contributed by atoms with van der Waals surface area (Å²) >= 11 is 1.46. The molecular formula is C22H31N7OS. The number of hydrogen-bond acceptors (Lipinski definition) is 8. The van der Waals surface area contributed by atoms with Crippen molar-refractivity contribution in [2.24, 2.45) is 0 Å². The van der Waals surface area contributed by atoms with Crippen LogP contribution in [0.1, 0.15) is 76.4 Å². The lowest BCUT2D eigenvalue weighted by Gasteiger charge is -2.24. The fourth-order valence-corrected chi connectivity index (χ4v) is 5.46. The molecule has 1 aliphatic heterocycles. The van der Waals surface area contributed by atoms with Gasteiger partial charge in [-0.15, -0.1) is 0 Å². The maximum Gasteiger partial charge on any atom is 0.230 e. The number of nitrogens with one attached hydrogen (secondary N) is 2. The Morgan fingerprint density at radius 1 is 1.10 bits per heavy atom. The third kappa shape index (κ3) is 4.52. The monoisotopic (exact) mass is 441 g/mol. The zero-order valence-electron chi connectivity index (χ0n) is 18.3. The summed E-state index contributed by atoms with van der Waals surface area (Å²) < 4.78 is 12.2. The molecule has 0 atom stereocenters. The van der Waals surface area contributed by atoms with Gasteiger partial charge in [0.2, 0.25) is 5.95 Å². The molecule has 1 saturated carbocycles. The molecular weight excluding hydrogens is 410 g/mol. The fourth-order valence-electron chi connectivity index (χ4n) is 4.55. The van der Waals surface area contributed by atoms with Gasteiger partial charge in [-0.3, -0.25) is 4.68 Å². The summed E-state index contributed by atoms with van der Waals surface area (Å²) in [6.45, 7) is 5.95. The second kappa shape index (κ2) is 9.08. The van der Waals surface area contributed by atoms with E-state index in [1.165, 1.54) is 43.6 Å². The number of rotatable bonds is 6. The van der Waals surface area contributed by atoms with Crippen LogP contribution < -0.4 is 10.6 Å². The lowest BCUT2D eigenvalue weighted by Crippen LogP contribution is -2.23. The SMILES string of the molecule is CC(C)c1nsc2nc(Nc3cnn(C4CCOCC4)c3)nc(NC3CCCCC3)c12. The largest absolute Gasteiger partial charge is 0.381 e. The Bertz CT molecular complexity index is 1020. The van der Waals surface area contributed by atoms with Gasteiger partial charge in [0.05, 0.1) is 29.0 Å². The summed E-state index contributed by atoms with van der Waals surface area (Å²) in [5, 5.41) is 12.7. The van der Waals surface area contributed by atoms with E-state index in [4.69, 9.17) is 19.1 Å². The molecule has 0 aromatic carbocycles. The molecule has 2 aliphatic rings. The van der Waals surface area contributed by atoms with Crippen molar-refractivity contribution in [2.45, 2.75) is 76.8 Å². The standard InChI is InChI=1S/C22H31N7OS/c1-14(2)19-18-20(24-15-6-4-3-5-7-15)26-22(27-21(18)31-28-19)25-16-12-23-29(13-16)17-8-10-30-11-9-17/h12-15,17H,3-11H2,1-2H3,(H2,24,25,26,27). The van der Waals surface area contributed by atoms with Crippen LogP contribution in [-0.2, 0) is 4.74 Å². The minimum Gasteiger partial charge on any atom is -0.381 e. The van der Waals surface area contributed by atoms with Gasteiger partial charge in [0, 0.05) is 25.5 Å². The first-order valence-corrected chi connectivity index (χ1v) is 12.3. The Balaban J connectivity index is 1.42. The first-order chi connectivity index (χ1) is 15.2. The molecule has 0 unspecified atom stereocenters. The van der Waals surface area contributed by atoms with E-state index < -0.39 is 0 Å².